The van der Waals surface area contributed by atoms with Gasteiger partial charge < -0.3 is 10.6 Å². The summed E-state index contributed by atoms with van der Waals surface area (Å²) in [5, 5.41) is 13.2. The molecule has 1 saturated heterocycles. The van der Waals surface area contributed by atoms with Crippen LogP contribution in [0.25, 0.3) is 5.69 Å². The zero-order chi connectivity index (χ0) is 18.1. The summed E-state index contributed by atoms with van der Waals surface area (Å²) < 4.78 is 1.51. The van der Waals surface area contributed by atoms with Gasteiger partial charge in [0.15, 0.2) is 0 Å². The molecular weight excluding hydrogens is 326 g/mol. The highest BCUT2D eigenvalue weighted by Gasteiger charge is 2.36. The Morgan fingerprint density at radius 3 is 2.77 bits per heavy atom. The second-order valence-electron chi connectivity index (χ2n) is 7.27. The second-order valence-corrected chi connectivity index (χ2v) is 7.27. The number of carbonyl (C=O) groups excluding carboxylic acids is 1. The van der Waals surface area contributed by atoms with Crippen LogP contribution in [-0.4, -0.2) is 33.2 Å². The Balaban J connectivity index is 1.60. The van der Waals surface area contributed by atoms with Gasteiger partial charge in [0.1, 0.15) is 17.5 Å². The number of likely N-dealkylation sites (tertiary alicyclic amines) is 1. The van der Waals surface area contributed by atoms with Crippen LogP contribution in [0.1, 0.15) is 54.4 Å². The molecule has 1 amide bonds. The average molecular weight is 349 g/mol. The number of nitrogen functional groups attached to an aromatic ring is 1. The van der Waals surface area contributed by atoms with Gasteiger partial charge >= 0.3 is 0 Å². The lowest BCUT2D eigenvalue weighted by molar-refractivity contribution is 0.0689. The van der Waals surface area contributed by atoms with Crippen molar-refractivity contribution >= 4 is 11.7 Å². The molecule has 1 aromatic heterocycles. The molecule has 2 aliphatic rings. The molecule has 1 aromatic carbocycles. The van der Waals surface area contributed by atoms with Crippen LogP contribution in [0.2, 0.25) is 0 Å². The van der Waals surface area contributed by atoms with Crippen LogP contribution < -0.4 is 5.73 Å². The van der Waals surface area contributed by atoms with Gasteiger partial charge in [-0.15, -0.1) is 0 Å². The van der Waals surface area contributed by atoms with Gasteiger partial charge in [-0.05, 0) is 49.8 Å². The molecule has 0 spiro atoms. The molecule has 2 aromatic rings. The molecule has 2 fully saturated rings. The SMILES string of the molecule is N#Cc1cnn(-c2cccc(C(=O)N3CCCC3C3CCCC3)c2)c1N. The third-order valence-electron chi connectivity index (χ3n) is 5.77. The van der Waals surface area contributed by atoms with Crippen LogP contribution in [0.3, 0.4) is 0 Å². The molecule has 1 aliphatic heterocycles. The van der Waals surface area contributed by atoms with Gasteiger partial charge in [-0.3, -0.25) is 4.79 Å². The van der Waals surface area contributed by atoms with E-state index in [1.807, 2.05) is 30.3 Å². The third kappa shape index (κ3) is 2.84. The van der Waals surface area contributed by atoms with Crippen LogP contribution in [0.5, 0.6) is 0 Å². The molecule has 1 aliphatic carbocycles. The van der Waals surface area contributed by atoms with Gasteiger partial charge in [0, 0.05) is 18.2 Å². The summed E-state index contributed by atoms with van der Waals surface area (Å²) in [7, 11) is 0. The van der Waals surface area contributed by atoms with Crippen molar-refractivity contribution in [2.75, 3.05) is 12.3 Å². The van der Waals surface area contributed by atoms with Crippen LogP contribution in [0, 0.1) is 17.2 Å². The smallest absolute Gasteiger partial charge is 0.254 e. The molecule has 6 heteroatoms. The Hall–Kier alpha value is -2.81. The van der Waals surface area contributed by atoms with Gasteiger partial charge in [-0.2, -0.15) is 10.4 Å². The highest BCUT2D eigenvalue weighted by Crippen LogP contribution is 2.36. The molecule has 2 N–H and O–H groups in total. The number of benzene rings is 1. The number of aromatic nitrogens is 2. The summed E-state index contributed by atoms with van der Waals surface area (Å²) in [6.45, 7) is 0.840. The van der Waals surface area contributed by atoms with E-state index in [1.165, 1.54) is 36.6 Å². The molecule has 4 rings (SSSR count). The lowest BCUT2D eigenvalue weighted by Gasteiger charge is -2.29. The maximum absolute atomic E-state index is 13.2. The third-order valence-corrected chi connectivity index (χ3v) is 5.77. The van der Waals surface area contributed by atoms with Gasteiger partial charge in [-0.25, -0.2) is 4.68 Å². The highest BCUT2D eigenvalue weighted by atomic mass is 16.2. The van der Waals surface area contributed by atoms with Crippen molar-refractivity contribution in [3.05, 3.63) is 41.6 Å². The molecule has 1 saturated carbocycles. The van der Waals surface area contributed by atoms with Gasteiger partial charge in [0.2, 0.25) is 0 Å². The number of nitrogens with zero attached hydrogens (tertiary/aromatic N) is 4. The number of nitriles is 1. The van der Waals surface area contributed by atoms with Crippen molar-refractivity contribution in [1.29, 1.82) is 5.26 Å². The predicted octanol–water partition coefficient (Wildman–Crippen LogP) is 3.12. The number of amides is 1. The molecule has 6 nitrogen and oxygen atoms in total. The molecule has 0 radical (unpaired) electrons. The fourth-order valence-electron chi connectivity index (χ4n) is 4.46. The number of hydrogen-bond acceptors (Lipinski definition) is 4. The van der Waals surface area contributed by atoms with E-state index in [0.717, 1.165) is 19.4 Å². The summed E-state index contributed by atoms with van der Waals surface area (Å²) in [6.07, 6.45) is 8.72. The van der Waals surface area contributed by atoms with Gasteiger partial charge in [-0.1, -0.05) is 18.9 Å². The summed E-state index contributed by atoms with van der Waals surface area (Å²) in [5.74, 6) is 1.04. The van der Waals surface area contributed by atoms with E-state index in [-0.39, 0.29) is 5.91 Å². The summed E-state index contributed by atoms with van der Waals surface area (Å²) in [4.78, 5) is 15.2. The van der Waals surface area contributed by atoms with E-state index < -0.39 is 0 Å². The highest BCUT2D eigenvalue weighted by molar-refractivity contribution is 5.95. The van der Waals surface area contributed by atoms with Crippen LogP contribution in [0.4, 0.5) is 5.82 Å². The quantitative estimate of drug-likeness (QED) is 0.922. The minimum absolute atomic E-state index is 0.0903. The van der Waals surface area contributed by atoms with E-state index in [0.29, 0.717) is 34.6 Å². The van der Waals surface area contributed by atoms with Crippen LogP contribution >= 0.6 is 0 Å². The van der Waals surface area contributed by atoms with Crippen molar-refractivity contribution in [2.24, 2.45) is 5.92 Å². The van der Waals surface area contributed by atoms with Crippen molar-refractivity contribution in [2.45, 2.75) is 44.6 Å². The van der Waals surface area contributed by atoms with Crippen molar-refractivity contribution in [3.63, 3.8) is 0 Å². The summed E-state index contributed by atoms with van der Waals surface area (Å²) in [6, 6.07) is 9.76. The molecule has 1 atom stereocenters. The first-order valence-electron chi connectivity index (χ1n) is 9.34. The Bertz CT molecular complexity index is 859. The fourth-order valence-corrected chi connectivity index (χ4v) is 4.46. The molecule has 26 heavy (non-hydrogen) atoms. The van der Waals surface area contributed by atoms with E-state index in [4.69, 9.17) is 11.0 Å². The fraction of sp³-hybridized carbons (Fsp3) is 0.450. The molecule has 0 bridgehead atoms. The summed E-state index contributed by atoms with van der Waals surface area (Å²) in [5.41, 5.74) is 7.67. The molecular formula is C20H23N5O. The Morgan fingerprint density at radius 2 is 2.04 bits per heavy atom. The zero-order valence-electron chi connectivity index (χ0n) is 14.8. The lowest BCUT2D eigenvalue weighted by Crippen LogP contribution is -2.39. The second kappa shape index (κ2) is 6.83. The van der Waals surface area contributed by atoms with Crippen LogP contribution in [-0.2, 0) is 0 Å². The van der Waals surface area contributed by atoms with Crippen molar-refractivity contribution < 1.29 is 4.79 Å². The first-order valence-corrected chi connectivity index (χ1v) is 9.34. The van der Waals surface area contributed by atoms with E-state index in [2.05, 4.69) is 10.00 Å². The number of rotatable bonds is 3. The standard InChI is InChI=1S/C20H23N5O/c21-12-16-13-23-25(19(16)22)17-8-3-7-15(11-17)20(26)24-10-4-9-18(24)14-5-1-2-6-14/h3,7-8,11,13-14,18H,1-2,4-6,9-10,22H2. The Morgan fingerprint density at radius 1 is 1.23 bits per heavy atom. The Kier molecular flexibility index (Phi) is 4.37. The van der Waals surface area contributed by atoms with Gasteiger partial charge in [0.05, 0.1) is 11.9 Å². The maximum atomic E-state index is 13.2. The number of anilines is 1. The minimum atomic E-state index is 0.0903. The topological polar surface area (TPSA) is 87.9 Å². The van der Waals surface area contributed by atoms with Gasteiger partial charge in [0.25, 0.3) is 5.91 Å². The van der Waals surface area contributed by atoms with Crippen molar-refractivity contribution in [3.8, 4) is 11.8 Å². The zero-order valence-corrected chi connectivity index (χ0v) is 14.8. The normalized spacial score (nSPS) is 20.4. The largest absolute Gasteiger partial charge is 0.382 e. The average Bonchev–Trinajstić information content (AvgIpc) is 3.41. The number of nitrogens with two attached hydrogens (primary N) is 1. The maximum Gasteiger partial charge on any atom is 0.254 e. The number of carbonyl (C=O) groups is 1. The molecule has 1 unspecified atom stereocenters. The lowest BCUT2D eigenvalue weighted by atomic mass is 9.95. The molecule has 2 heterocycles. The monoisotopic (exact) mass is 349 g/mol. The first-order chi connectivity index (χ1) is 12.7. The van der Waals surface area contributed by atoms with Crippen molar-refractivity contribution in [1.82, 2.24) is 14.7 Å². The molecule has 134 valence electrons. The minimum Gasteiger partial charge on any atom is -0.382 e. The Labute approximate surface area is 153 Å². The van der Waals surface area contributed by atoms with E-state index in [9.17, 15) is 4.79 Å². The van der Waals surface area contributed by atoms with Crippen LogP contribution in [0.15, 0.2) is 30.5 Å². The van der Waals surface area contributed by atoms with E-state index >= 15 is 0 Å². The predicted molar refractivity (Wildman–Crippen MR) is 98.7 cm³/mol. The first kappa shape index (κ1) is 16.6. The summed E-state index contributed by atoms with van der Waals surface area (Å²) >= 11 is 0. The number of hydrogen-bond donors (Lipinski definition) is 1. The van der Waals surface area contributed by atoms with E-state index in [1.54, 1.807) is 0 Å².